The van der Waals surface area contributed by atoms with Crippen LogP contribution in [0.15, 0.2) is 24.3 Å². The van der Waals surface area contributed by atoms with E-state index in [-0.39, 0.29) is 12.4 Å². The second kappa shape index (κ2) is 12.2. The maximum atomic E-state index is 13.6. The molecule has 0 bridgehead atoms. The maximum absolute atomic E-state index is 13.6. The molecule has 0 aromatic heterocycles. The fourth-order valence-corrected chi connectivity index (χ4v) is 4.74. The van der Waals surface area contributed by atoms with E-state index in [9.17, 15) is 9.59 Å². The predicted molar refractivity (Wildman–Crippen MR) is 133 cm³/mol. The summed E-state index contributed by atoms with van der Waals surface area (Å²) in [5, 5.41) is 0. The first-order valence-corrected chi connectivity index (χ1v) is 11.6. The van der Waals surface area contributed by atoms with Crippen LogP contribution >= 0.6 is 0 Å². The lowest BCUT2D eigenvalue weighted by Gasteiger charge is -2.37. The van der Waals surface area contributed by atoms with Gasteiger partial charge in [-0.25, -0.2) is 0 Å². The van der Waals surface area contributed by atoms with Gasteiger partial charge in [0.25, 0.3) is 0 Å². The molecular formula is C27H34O10. The fraction of sp³-hybridized carbons (Fsp3) is 0.481. The number of hydrogen-bond donors (Lipinski definition) is 0. The third-order valence-corrected chi connectivity index (χ3v) is 6.67. The van der Waals surface area contributed by atoms with Crippen molar-refractivity contribution < 1.29 is 47.5 Å². The number of carbonyl (C=O) groups excluding carboxylic acids is 2. The van der Waals surface area contributed by atoms with Gasteiger partial charge in [-0.15, -0.1) is 0 Å². The molecule has 202 valence electrons. The molecule has 0 amide bonds. The van der Waals surface area contributed by atoms with Crippen molar-refractivity contribution in [3.05, 3.63) is 41.0 Å². The molecule has 0 fully saturated rings. The molecule has 3 atom stereocenters. The van der Waals surface area contributed by atoms with Gasteiger partial charge in [0.1, 0.15) is 6.61 Å². The molecule has 1 aliphatic carbocycles. The summed E-state index contributed by atoms with van der Waals surface area (Å²) in [6.07, 6.45) is -0.741. The highest BCUT2D eigenvalue weighted by atomic mass is 16.7. The summed E-state index contributed by atoms with van der Waals surface area (Å²) >= 11 is 0. The number of Topliss-reactive ketones (excluding diaryl/α,β-unsaturated/α-hetero) is 1. The zero-order valence-corrected chi connectivity index (χ0v) is 22.4. The van der Waals surface area contributed by atoms with Gasteiger partial charge in [-0.1, -0.05) is 6.92 Å². The second-order valence-corrected chi connectivity index (χ2v) is 8.44. The van der Waals surface area contributed by atoms with Gasteiger partial charge in [-0.05, 0) is 35.4 Å². The zero-order chi connectivity index (χ0) is 27.3. The average molecular weight is 519 g/mol. The number of methoxy groups -OCH3 is 7. The molecule has 0 saturated heterocycles. The highest BCUT2D eigenvalue weighted by molar-refractivity contribution is 6.04. The van der Waals surface area contributed by atoms with Gasteiger partial charge in [0.05, 0.1) is 41.5 Å². The van der Waals surface area contributed by atoms with E-state index in [1.807, 2.05) is 0 Å². The summed E-state index contributed by atoms with van der Waals surface area (Å²) in [6.45, 7) is 1.58. The van der Waals surface area contributed by atoms with Gasteiger partial charge < -0.3 is 37.9 Å². The lowest BCUT2D eigenvalue weighted by molar-refractivity contribution is -0.172. The number of ether oxygens (including phenoxy) is 8. The van der Waals surface area contributed by atoms with Gasteiger partial charge in [0.15, 0.2) is 35.1 Å². The summed E-state index contributed by atoms with van der Waals surface area (Å²) in [5.74, 6) is -0.933. The molecule has 1 aliphatic rings. The minimum Gasteiger partial charge on any atom is -0.493 e. The van der Waals surface area contributed by atoms with E-state index in [2.05, 4.69) is 0 Å². The van der Waals surface area contributed by atoms with Crippen molar-refractivity contribution in [3.63, 3.8) is 0 Å². The Bertz CT molecular complexity index is 1100. The third kappa shape index (κ3) is 5.30. The molecule has 10 heteroatoms. The Morgan fingerprint density at radius 3 is 1.81 bits per heavy atom. The van der Waals surface area contributed by atoms with E-state index < -0.39 is 30.0 Å². The Morgan fingerprint density at radius 1 is 0.784 bits per heavy atom. The van der Waals surface area contributed by atoms with Gasteiger partial charge in [-0.2, -0.15) is 0 Å². The lowest BCUT2D eigenvalue weighted by atomic mass is 9.66. The van der Waals surface area contributed by atoms with Crippen LogP contribution in [0.2, 0.25) is 0 Å². The first-order valence-electron chi connectivity index (χ1n) is 11.6. The average Bonchev–Trinajstić information content (AvgIpc) is 2.93. The van der Waals surface area contributed by atoms with E-state index in [1.165, 1.54) is 49.8 Å². The molecule has 0 aliphatic heterocycles. The highest BCUT2D eigenvalue weighted by Crippen LogP contribution is 2.50. The van der Waals surface area contributed by atoms with Crippen molar-refractivity contribution in [1.82, 2.24) is 0 Å². The molecule has 2 aromatic rings. The molecule has 0 spiro atoms. The van der Waals surface area contributed by atoms with E-state index >= 15 is 0 Å². The lowest BCUT2D eigenvalue weighted by Crippen LogP contribution is -2.40. The molecule has 37 heavy (non-hydrogen) atoms. The Hall–Kier alpha value is -3.50. The van der Waals surface area contributed by atoms with Crippen LogP contribution in [-0.4, -0.2) is 74.4 Å². The van der Waals surface area contributed by atoms with Crippen molar-refractivity contribution in [1.29, 1.82) is 0 Å². The molecular weight excluding hydrogens is 484 g/mol. The first kappa shape index (κ1) is 28.1. The Morgan fingerprint density at radius 2 is 1.32 bits per heavy atom. The molecule has 2 aromatic carbocycles. The molecule has 0 N–H and O–H groups in total. The third-order valence-electron chi connectivity index (χ3n) is 6.67. The quantitative estimate of drug-likeness (QED) is 0.324. The topological polar surface area (TPSA) is 108 Å². The number of ketones is 1. The van der Waals surface area contributed by atoms with Gasteiger partial charge in [-0.3, -0.25) is 9.59 Å². The van der Waals surface area contributed by atoms with Crippen LogP contribution in [0.25, 0.3) is 0 Å². The minimum absolute atomic E-state index is 0.135. The summed E-state index contributed by atoms with van der Waals surface area (Å²) in [7, 11) is 10.4. The normalized spacial score (nSPS) is 18.7. The fourth-order valence-electron chi connectivity index (χ4n) is 4.74. The predicted octanol–water partition coefficient (Wildman–Crippen LogP) is 3.47. The van der Waals surface area contributed by atoms with Crippen molar-refractivity contribution in [3.8, 4) is 28.7 Å². The van der Waals surface area contributed by atoms with Crippen molar-refractivity contribution in [2.24, 2.45) is 11.8 Å². The molecule has 0 heterocycles. The van der Waals surface area contributed by atoms with E-state index in [0.29, 0.717) is 45.4 Å². The smallest absolute Gasteiger partial charge is 0.310 e. The van der Waals surface area contributed by atoms with E-state index in [1.54, 1.807) is 31.2 Å². The molecule has 3 rings (SSSR count). The molecule has 0 radical (unpaired) electrons. The monoisotopic (exact) mass is 518 g/mol. The number of carbonyl (C=O) groups is 2. The Balaban J connectivity index is 2.26. The van der Waals surface area contributed by atoms with Gasteiger partial charge >= 0.3 is 5.97 Å². The zero-order valence-electron chi connectivity index (χ0n) is 22.4. The summed E-state index contributed by atoms with van der Waals surface area (Å²) < 4.78 is 43.5. The van der Waals surface area contributed by atoms with Crippen molar-refractivity contribution in [2.75, 3.05) is 56.4 Å². The summed E-state index contributed by atoms with van der Waals surface area (Å²) in [5.41, 5.74) is 1.69. The van der Waals surface area contributed by atoms with Crippen LogP contribution in [0.5, 0.6) is 28.7 Å². The van der Waals surface area contributed by atoms with Gasteiger partial charge in [0, 0.05) is 31.6 Å². The number of esters is 1. The van der Waals surface area contributed by atoms with Crippen LogP contribution in [0, 0.1) is 11.8 Å². The van der Waals surface area contributed by atoms with Crippen molar-refractivity contribution in [2.45, 2.75) is 19.1 Å². The number of hydrogen-bond acceptors (Lipinski definition) is 10. The van der Waals surface area contributed by atoms with E-state index in [0.717, 1.165) is 0 Å². The van der Waals surface area contributed by atoms with Crippen LogP contribution in [0.3, 0.4) is 0 Å². The minimum atomic E-state index is -0.879. The van der Waals surface area contributed by atoms with E-state index in [4.69, 9.17) is 37.9 Å². The SMILES string of the molecule is COc1cc2c(cc1OC)C(c1cc(OC)c(OC)c(OC)c1)C(C(=O)OCC(OC)OC)C(C)C2=O. The summed E-state index contributed by atoms with van der Waals surface area (Å²) in [6, 6.07) is 6.90. The van der Waals surface area contributed by atoms with Crippen LogP contribution < -0.4 is 23.7 Å². The van der Waals surface area contributed by atoms with Crippen molar-refractivity contribution >= 4 is 11.8 Å². The van der Waals surface area contributed by atoms with Crippen LogP contribution in [0.1, 0.15) is 34.3 Å². The van der Waals surface area contributed by atoms with Crippen LogP contribution in [0.4, 0.5) is 0 Å². The molecule has 10 nitrogen and oxygen atoms in total. The van der Waals surface area contributed by atoms with Crippen LogP contribution in [-0.2, 0) is 19.0 Å². The molecule has 0 saturated carbocycles. The first-order chi connectivity index (χ1) is 17.8. The Kier molecular flexibility index (Phi) is 9.23. The standard InChI is InChI=1S/C27H34O10/c1-14-23(27(29)37-13-22(34-6)35-7)24(15-9-20(32-4)26(36-8)21(10-15)33-5)16-11-18(30-2)19(31-3)12-17(16)25(14)28/h9-12,14,22-24H,13H2,1-8H3. The number of fused-ring (bicyclic) bond motifs is 1. The van der Waals surface area contributed by atoms with Gasteiger partial charge in [0.2, 0.25) is 5.75 Å². The summed E-state index contributed by atoms with van der Waals surface area (Å²) in [4.78, 5) is 27.1. The largest absolute Gasteiger partial charge is 0.493 e. The second-order valence-electron chi connectivity index (χ2n) is 8.44. The number of benzene rings is 2. The highest BCUT2D eigenvalue weighted by Gasteiger charge is 2.46. The number of rotatable bonds is 11. The molecule has 3 unspecified atom stereocenters. The Labute approximate surface area is 216 Å². The maximum Gasteiger partial charge on any atom is 0.310 e.